The van der Waals surface area contributed by atoms with Gasteiger partial charge in [0.15, 0.2) is 0 Å². The van der Waals surface area contributed by atoms with Gasteiger partial charge in [0.2, 0.25) is 0 Å². The Balaban J connectivity index is 1.88. The highest BCUT2D eigenvalue weighted by Crippen LogP contribution is 2.22. The lowest BCUT2D eigenvalue weighted by molar-refractivity contribution is 0.241. The summed E-state index contributed by atoms with van der Waals surface area (Å²) in [5.74, 6) is 0. The van der Waals surface area contributed by atoms with E-state index in [9.17, 15) is 5.11 Å². The van der Waals surface area contributed by atoms with Gasteiger partial charge < -0.3 is 10.4 Å². The highest BCUT2D eigenvalue weighted by atomic mass is 79.9. The number of aliphatic hydroxyl groups excluding tert-OH is 1. The number of hydrogen-bond acceptors (Lipinski definition) is 3. The fourth-order valence-electron chi connectivity index (χ4n) is 1.79. The van der Waals surface area contributed by atoms with E-state index in [1.54, 1.807) is 11.3 Å². The van der Waals surface area contributed by atoms with Crippen LogP contribution in [0.4, 0.5) is 0 Å². The van der Waals surface area contributed by atoms with Gasteiger partial charge >= 0.3 is 0 Å². The van der Waals surface area contributed by atoms with Gasteiger partial charge in [-0.25, -0.2) is 0 Å². The molecule has 1 aromatic heterocycles. The lowest BCUT2D eigenvalue weighted by Crippen LogP contribution is -2.33. The molecule has 0 radical (unpaired) electrons. The first-order chi connectivity index (χ1) is 8.79. The predicted molar refractivity (Wildman–Crippen MR) is 79.9 cm³/mol. The molecule has 2 N–H and O–H groups in total. The topological polar surface area (TPSA) is 32.3 Å². The monoisotopic (exact) mass is 325 g/mol. The van der Waals surface area contributed by atoms with Gasteiger partial charge in [0.1, 0.15) is 0 Å². The molecule has 2 nitrogen and oxygen atoms in total. The first kappa shape index (κ1) is 13.7. The van der Waals surface area contributed by atoms with Gasteiger partial charge in [-0.2, -0.15) is 0 Å². The Hall–Kier alpha value is -0.680. The maximum atomic E-state index is 9.41. The second-order valence-electron chi connectivity index (χ2n) is 4.14. The molecule has 18 heavy (non-hydrogen) atoms. The van der Waals surface area contributed by atoms with E-state index < -0.39 is 0 Å². The highest BCUT2D eigenvalue weighted by Gasteiger charge is 2.09. The predicted octanol–water partition coefficient (Wildman–Crippen LogP) is 3.20. The van der Waals surface area contributed by atoms with Crippen LogP contribution in [0, 0.1) is 0 Å². The Morgan fingerprint density at radius 2 is 2.00 bits per heavy atom. The molecule has 0 aliphatic rings. The number of nitrogens with one attached hydrogen (secondary N) is 1. The van der Waals surface area contributed by atoms with Crippen molar-refractivity contribution in [2.24, 2.45) is 0 Å². The Labute approximate surface area is 120 Å². The van der Waals surface area contributed by atoms with Gasteiger partial charge in [-0.1, -0.05) is 30.3 Å². The molecule has 0 saturated heterocycles. The summed E-state index contributed by atoms with van der Waals surface area (Å²) in [6.07, 6.45) is 0.848. The molecule has 0 aliphatic heterocycles. The second kappa shape index (κ2) is 7.04. The molecular weight excluding hydrogens is 310 g/mol. The van der Waals surface area contributed by atoms with Crippen LogP contribution in [0.2, 0.25) is 0 Å². The third-order valence-electron chi connectivity index (χ3n) is 2.79. The SMILES string of the molecule is OC[C@H](Cc1ccccc1)NCc1sccc1Br. The normalized spacial score (nSPS) is 12.6. The summed E-state index contributed by atoms with van der Waals surface area (Å²) in [6.45, 7) is 0.939. The minimum atomic E-state index is 0.0985. The standard InChI is InChI=1S/C14H16BrNOS/c15-13-6-7-18-14(13)9-16-12(10-17)8-11-4-2-1-3-5-11/h1-7,12,16-17H,8-10H2/t12-/m0/s1. The molecule has 1 atom stereocenters. The molecule has 0 aliphatic carbocycles. The first-order valence-electron chi connectivity index (χ1n) is 5.89. The summed E-state index contributed by atoms with van der Waals surface area (Å²) in [5, 5.41) is 14.9. The van der Waals surface area contributed by atoms with Crippen LogP contribution in [-0.2, 0) is 13.0 Å². The molecule has 2 rings (SSSR count). The Bertz CT molecular complexity index is 472. The van der Waals surface area contributed by atoms with Crippen LogP contribution in [-0.4, -0.2) is 17.8 Å². The lowest BCUT2D eigenvalue weighted by Gasteiger charge is -2.16. The van der Waals surface area contributed by atoms with Gasteiger partial charge in [-0.3, -0.25) is 0 Å². The van der Waals surface area contributed by atoms with Crippen molar-refractivity contribution in [3.8, 4) is 0 Å². The minimum absolute atomic E-state index is 0.0985. The fraction of sp³-hybridized carbons (Fsp3) is 0.286. The van der Waals surface area contributed by atoms with E-state index >= 15 is 0 Å². The smallest absolute Gasteiger partial charge is 0.0587 e. The third-order valence-corrected chi connectivity index (χ3v) is 4.71. The summed E-state index contributed by atoms with van der Waals surface area (Å²) in [6, 6.07) is 12.4. The van der Waals surface area contributed by atoms with Crippen molar-refractivity contribution >= 4 is 27.3 Å². The molecule has 1 heterocycles. The molecule has 0 unspecified atom stereocenters. The number of halogens is 1. The first-order valence-corrected chi connectivity index (χ1v) is 7.57. The van der Waals surface area contributed by atoms with Crippen molar-refractivity contribution in [3.63, 3.8) is 0 Å². The summed E-state index contributed by atoms with van der Waals surface area (Å²) in [7, 11) is 0. The van der Waals surface area contributed by atoms with Crippen LogP contribution < -0.4 is 5.32 Å². The number of hydrogen-bond donors (Lipinski definition) is 2. The summed E-state index contributed by atoms with van der Waals surface area (Å²) < 4.78 is 1.14. The fourth-order valence-corrected chi connectivity index (χ4v) is 3.23. The molecule has 0 bridgehead atoms. The maximum Gasteiger partial charge on any atom is 0.0587 e. The maximum absolute atomic E-state index is 9.41. The number of aliphatic hydroxyl groups is 1. The van der Waals surface area contributed by atoms with Crippen LogP contribution in [0.3, 0.4) is 0 Å². The Morgan fingerprint density at radius 1 is 1.22 bits per heavy atom. The largest absolute Gasteiger partial charge is 0.395 e. The summed E-state index contributed by atoms with van der Waals surface area (Å²) >= 11 is 5.23. The van der Waals surface area contributed by atoms with E-state index in [4.69, 9.17) is 0 Å². The average molecular weight is 326 g/mol. The zero-order chi connectivity index (χ0) is 12.8. The van der Waals surface area contributed by atoms with Crippen LogP contribution in [0.1, 0.15) is 10.4 Å². The van der Waals surface area contributed by atoms with E-state index in [-0.39, 0.29) is 12.6 Å². The molecule has 0 spiro atoms. The van der Waals surface area contributed by atoms with Crippen molar-refractivity contribution in [1.82, 2.24) is 5.32 Å². The van der Waals surface area contributed by atoms with Crippen LogP contribution in [0.5, 0.6) is 0 Å². The lowest BCUT2D eigenvalue weighted by atomic mass is 10.1. The zero-order valence-corrected chi connectivity index (χ0v) is 12.4. The van der Waals surface area contributed by atoms with Gasteiger partial charge in [-0.15, -0.1) is 11.3 Å². The molecule has 96 valence electrons. The van der Waals surface area contributed by atoms with Crippen LogP contribution >= 0.6 is 27.3 Å². The molecule has 2 aromatic rings. The molecule has 4 heteroatoms. The van der Waals surface area contributed by atoms with Crippen molar-refractivity contribution < 1.29 is 5.11 Å². The van der Waals surface area contributed by atoms with Gasteiger partial charge in [-0.05, 0) is 39.4 Å². The number of benzene rings is 1. The molecule has 0 fully saturated rings. The van der Waals surface area contributed by atoms with Gasteiger partial charge in [0.05, 0.1) is 6.61 Å². The van der Waals surface area contributed by atoms with Crippen LogP contribution in [0.25, 0.3) is 0 Å². The van der Waals surface area contributed by atoms with Gasteiger partial charge in [0.25, 0.3) is 0 Å². The van der Waals surface area contributed by atoms with Gasteiger partial charge in [0, 0.05) is 21.9 Å². The van der Waals surface area contributed by atoms with Crippen molar-refractivity contribution in [2.75, 3.05) is 6.61 Å². The number of rotatable bonds is 6. The second-order valence-corrected chi connectivity index (χ2v) is 6.00. The van der Waals surface area contributed by atoms with E-state index in [2.05, 4.69) is 38.8 Å². The number of thiophene rings is 1. The Morgan fingerprint density at radius 3 is 2.61 bits per heavy atom. The quantitative estimate of drug-likeness (QED) is 0.854. The minimum Gasteiger partial charge on any atom is -0.395 e. The van der Waals surface area contributed by atoms with E-state index in [1.807, 2.05) is 24.3 Å². The van der Waals surface area contributed by atoms with E-state index in [1.165, 1.54) is 10.4 Å². The molecule has 0 amide bonds. The van der Waals surface area contributed by atoms with Crippen LogP contribution in [0.15, 0.2) is 46.3 Å². The van der Waals surface area contributed by atoms with Crippen molar-refractivity contribution in [3.05, 3.63) is 56.7 Å². The summed E-state index contributed by atoms with van der Waals surface area (Å²) in [5.41, 5.74) is 1.24. The molecule has 0 saturated carbocycles. The Kier molecular flexibility index (Phi) is 5.38. The van der Waals surface area contributed by atoms with Crippen molar-refractivity contribution in [1.29, 1.82) is 0 Å². The third kappa shape index (κ3) is 3.92. The summed E-state index contributed by atoms with van der Waals surface area (Å²) in [4.78, 5) is 1.27. The average Bonchev–Trinajstić information content (AvgIpc) is 2.81. The zero-order valence-electron chi connectivity index (χ0n) is 9.97. The highest BCUT2D eigenvalue weighted by molar-refractivity contribution is 9.10. The van der Waals surface area contributed by atoms with Crippen molar-refractivity contribution in [2.45, 2.75) is 19.0 Å². The van der Waals surface area contributed by atoms with E-state index in [0.717, 1.165) is 17.4 Å². The van der Waals surface area contributed by atoms with E-state index in [0.29, 0.717) is 0 Å². The molecular formula is C14H16BrNOS. The molecule has 1 aromatic carbocycles.